The quantitative estimate of drug-likeness (QED) is 0.520. The van der Waals surface area contributed by atoms with Crippen molar-refractivity contribution < 1.29 is 4.74 Å². The lowest BCUT2D eigenvalue weighted by Gasteiger charge is -2.08. The van der Waals surface area contributed by atoms with E-state index in [0.717, 1.165) is 15.8 Å². The van der Waals surface area contributed by atoms with Crippen LogP contribution in [0.15, 0.2) is 36.4 Å². The molecule has 2 aromatic carbocycles. The molecule has 6 heteroatoms. The second-order valence-electron chi connectivity index (χ2n) is 4.90. The summed E-state index contributed by atoms with van der Waals surface area (Å²) in [6.07, 6.45) is 1.73. The van der Waals surface area contributed by atoms with Gasteiger partial charge in [-0.25, -0.2) is 4.98 Å². The maximum Gasteiger partial charge on any atom is 0.156 e. The molecule has 3 nitrogen and oxygen atoms in total. The number of thiazole rings is 1. The third-order valence-corrected chi connectivity index (χ3v) is 4.90. The summed E-state index contributed by atoms with van der Waals surface area (Å²) in [5.41, 5.74) is 2.07. The van der Waals surface area contributed by atoms with Gasteiger partial charge < -0.3 is 4.74 Å². The molecule has 1 aromatic heterocycles. The Balaban J connectivity index is 2.03. The summed E-state index contributed by atoms with van der Waals surface area (Å²) in [6, 6.07) is 13.4. The fourth-order valence-electron chi connectivity index (χ4n) is 2.24. The van der Waals surface area contributed by atoms with Gasteiger partial charge in [-0.2, -0.15) is 5.26 Å². The minimum Gasteiger partial charge on any atom is -0.491 e. The predicted molar refractivity (Wildman–Crippen MR) is 101 cm³/mol. The zero-order valence-electron chi connectivity index (χ0n) is 12.7. The number of ether oxygens (including phenoxy) is 1. The van der Waals surface area contributed by atoms with Gasteiger partial charge >= 0.3 is 0 Å². The van der Waals surface area contributed by atoms with Crippen LogP contribution in [0.25, 0.3) is 21.9 Å². The Hall–Kier alpha value is -2.06. The maximum absolute atomic E-state index is 9.50. The summed E-state index contributed by atoms with van der Waals surface area (Å²) < 4.78 is 6.46. The Labute approximate surface area is 153 Å². The van der Waals surface area contributed by atoms with E-state index in [9.17, 15) is 5.26 Å². The average molecular weight is 375 g/mol. The number of hydrogen-bond acceptors (Lipinski definition) is 4. The summed E-state index contributed by atoms with van der Waals surface area (Å²) >= 11 is 13.9. The van der Waals surface area contributed by atoms with E-state index >= 15 is 0 Å². The van der Waals surface area contributed by atoms with Crippen LogP contribution in [0.1, 0.15) is 17.5 Å². The van der Waals surface area contributed by atoms with Crippen LogP contribution in [-0.2, 0) is 0 Å². The summed E-state index contributed by atoms with van der Waals surface area (Å²) in [5.74, 6) is 0.455. The molecule has 0 aliphatic heterocycles. The highest BCUT2D eigenvalue weighted by atomic mass is 35.5. The summed E-state index contributed by atoms with van der Waals surface area (Å²) in [5, 5.41) is 11.0. The SMILES string of the molecule is CCOc1c(Cl)cc(/C=C(/C#N)c2nc3ccccc3s2)cc1Cl. The molecule has 0 amide bonds. The van der Waals surface area contributed by atoms with Crippen molar-refractivity contribution in [1.29, 1.82) is 5.26 Å². The number of allylic oxidation sites excluding steroid dienone is 1. The Kier molecular flexibility index (Phi) is 5.06. The Morgan fingerprint density at radius 2 is 2.00 bits per heavy atom. The molecule has 3 rings (SSSR count). The monoisotopic (exact) mass is 374 g/mol. The molecule has 0 fully saturated rings. The minimum atomic E-state index is 0.414. The molecular weight excluding hydrogens is 363 g/mol. The molecule has 0 radical (unpaired) electrons. The van der Waals surface area contributed by atoms with Crippen molar-refractivity contribution in [2.75, 3.05) is 6.61 Å². The highest BCUT2D eigenvalue weighted by Crippen LogP contribution is 2.36. The third-order valence-electron chi connectivity index (χ3n) is 3.27. The van der Waals surface area contributed by atoms with Crippen LogP contribution >= 0.6 is 34.5 Å². The number of benzene rings is 2. The second kappa shape index (κ2) is 7.23. The molecule has 0 aliphatic carbocycles. The molecule has 1 heterocycles. The summed E-state index contributed by atoms with van der Waals surface area (Å²) in [6.45, 7) is 2.34. The topological polar surface area (TPSA) is 45.9 Å². The van der Waals surface area contributed by atoms with Gasteiger partial charge in [-0.1, -0.05) is 35.3 Å². The molecule has 0 atom stereocenters. The molecule has 0 saturated heterocycles. The standard InChI is InChI=1S/C18H12Cl2N2OS/c1-2-23-17-13(19)8-11(9-14(17)20)7-12(10-21)18-22-15-5-3-4-6-16(15)24-18/h3-9H,2H2,1H3/b12-7-. The van der Waals surface area contributed by atoms with E-state index < -0.39 is 0 Å². The number of halogens is 2. The Morgan fingerprint density at radius 1 is 1.29 bits per heavy atom. The van der Waals surface area contributed by atoms with Crippen molar-refractivity contribution in [3.05, 3.63) is 57.0 Å². The van der Waals surface area contributed by atoms with Gasteiger partial charge in [-0.05, 0) is 42.8 Å². The number of rotatable bonds is 4. The maximum atomic E-state index is 9.50. The number of aromatic nitrogens is 1. The van der Waals surface area contributed by atoms with Gasteiger partial charge in [0.25, 0.3) is 0 Å². The molecule has 0 saturated carbocycles. The van der Waals surface area contributed by atoms with E-state index in [1.54, 1.807) is 18.2 Å². The minimum absolute atomic E-state index is 0.414. The largest absolute Gasteiger partial charge is 0.491 e. The lowest BCUT2D eigenvalue weighted by molar-refractivity contribution is 0.340. The predicted octanol–water partition coefficient (Wildman–Crippen LogP) is 6.07. The number of nitriles is 1. The van der Waals surface area contributed by atoms with Gasteiger partial charge in [-0.15, -0.1) is 11.3 Å². The zero-order chi connectivity index (χ0) is 17.1. The number of nitrogens with zero attached hydrogens (tertiary/aromatic N) is 2. The van der Waals surface area contributed by atoms with Crippen molar-refractivity contribution in [3.8, 4) is 11.8 Å². The molecule has 24 heavy (non-hydrogen) atoms. The van der Waals surface area contributed by atoms with Crippen LogP contribution in [0.4, 0.5) is 0 Å². The van der Waals surface area contributed by atoms with Crippen molar-refractivity contribution in [2.45, 2.75) is 6.92 Å². The van der Waals surface area contributed by atoms with Crippen molar-refractivity contribution >= 4 is 56.4 Å². The van der Waals surface area contributed by atoms with Gasteiger partial charge in [-0.3, -0.25) is 0 Å². The highest BCUT2D eigenvalue weighted by Gasteiger charge is 2.12. The first-order chi connectivity index (χ1) is 11.6. The number of hydrogen-bond donors (Lipinski definition) is 0. The highest BCUT2D eigenvalue weighted by molar-refractivity contribution is 7.19. The fourth-order valence-corrected chi connectivity index (χ4v) is 3.79. The van der Waals surface area contributed by atoms with Crippen LogP contribution in [0.5, 0.6) is 5.75 Å². The first-order valence-corrected chi connectivity index (χ1v) is 8.79. The molecular formula is C18H12Cl2N2OS. The molecule has 0 bridgehead atoms. The smallest absolute Gasteiger partial charge is 0.156 e. The number of fused-ring (bicyclic) bond motifs is 1. The Bertz CT molecular complexity index is 917. The van der Waals surface area contributed by atoms with Crippen LogP contribution in [-0.4, -0.2) is 11.6 Å². The second-order valence-corrected chi connectivity index (χ2v) is 6.75. The normalized spacial score (nSPS) is 11.5. The van der Waals surface area contributed by atoms with Crippen molar-refractivity contribution in [3.63, 3.8) is 0 Å². The summed E-state index contributed by atoms with van der Waals surface area (Å²) in [7, 11) is 0. The van der Waals surface area contributed by atoms with E-state index in [2.05, 4.69) is 11.1 Å². The first-order valence-electron chi connectivity index (χ1n) is 7.22. The van der Waals surface area contributed by atoms with Gasteiger partial charge in [0, 0.05) is 0 Å². The van der Waals surface area contributed by atoms with Crippen molar-refractivity contribution in [2.24, 2.45) is 0 Å². The first kappa shape index (κ1) is 16.8. The lowest BCUT2D eigenvalue weighted by Crippen LogP contribution is -1.93. The van der Waals surface area contributed by atoms with Gasteiger partial charge in [0.2, 0.25) is 0 Å². The van der Waals surface area contributed by atoms with E-state index in [1.165, 1.54) is 11.3 Å². The van der Waals surface area contributed by atoms with E-state index in [4.69, 9.17) is 27.9 Å². The van der Waals surface area contributed by atoms with Crippen LogP contribution < -0.4 is 4.74 Å². The van der Waals surface area contributed by atoms with Crippen LogP contribution in [0.3, 0.4) is 0 Å². The lowest BCUT2D eigenvalue weighted by atomic mass is 10.1. The van der Waals surface area contributed by atoms with Crippen LogP contribution in [0, 0.1) is 11.3 Å². The molecule has 0 unspecified atom stereocenters. The van der Waals surface area contributed by atoms with Crippen molar-refractivity contribution in [1.82, 2.24) is 4.98 Å². The molecule has 0 aliphatic rings. The zero-order valence-corrected chi connectivity index (χ0v) is 15.0. The van der Waals surface area contributed by atoms with Gasteiger partial charge in [0.15, 0.2) is 5.75 Å². The number of para-hydroxylation sites is 1. The van der Waals surface area contributed by atoms with Gasteiger partial charge in [0.1, 0.15) is 11.1 Å². The molecule has 0 spiro atoms. The van der Waals surface area contributed by atoms with E-state index in [1.807, 2.05) is 31.2 Å². The molecule has 120 valence electrons. The average Bonchev–Trinajstić information content (AvgIpc) is 2.99. The van der Waals surface area contributed by atoms with Crippen LogP contribution in [0.2, 0.25) is 10.0 Å². The Morgan fingerprint density at radius 3 is 2.62 bits per heavy atom. The molecule has 3 aromatic rings. The molecule has 0 N–H and O–H groups in total. The fraction of sp³-hybridized carbons (Fsp3) is 0.111. The van der Waals surface area contributed by atoms with E-state index in [0.29, 0.717) is 33.0 Å². The summed E-state index contributed by atoms with van der Waals surface area (Å²) in [4.78, 5) is 4.51. The third kappa shape index (κ3) is 3.39. The van der Waals surface area contributed by atoms with Gasteiger partial charge in [0.05, 0.1) is 32.4 Å². The van der Waals surface area contributed by atoms with E-state index in [-0.39, 0.29) is 0 Å².